The summed E-state index contributed by atoms with van der Waals surface area (Å²) in [5, 5.41) is 4.08. The number of nitrogens with one attached hydrogen (secondary N) is 1. The van der Waals surface area contributed by atoms with E-state index in [4.69, 9.17) is 9.72 Å². The zero-order valence-corrected chi connectivity index (χ0v) is 21.7. The number of halogens is 3. The van der Waals surface area contributed by atoms with Crippen LogP contribution in [0, 0.1) is 13.8 Å². The summed E-state index contributed by atoms with van der Waals surface area (Å²) < 4.78 is 46.1. The van der Waals surface area contributed by atoms with Crippen molar-refractivity contribution in [3.05, 3.63) is 52.3 Å². The highest BCUT2D eigenvalue weighted by Crippen LogP contribution is 2.38. The van der Waals surface area contributed by atoms with Crippen LogP contribution in [0.25, 0.3) is 11.0 Å². The highest BCUT2D eigenvalue weighted by Gasteiger charge is 2.33. The quantitative estimate of drug-likeness (QED) is 0.420. The molecule has 3 heterocycles. The highest BCUT2D eigenvalue weighted by molar-refractivity contribution is 5.88. The van der Waals surface area contributed by atoms with Crippen LogP contribution < -0.4 is 10.1 Å². The lowest BCUT2D eigenvalue weighted by Crippen LogP contribution is -2.37. The molecule has 2 aromatic heterocycles. The minimum Gasteiger partial charge on any atom is -0.481 e. The summed E-state index contributed by atoms with van der Waals surface area (Å²) in [5.41, 5.74) is 1.67. The fraction of sp³-hybridized carbons (Fsp3) is 0.519. The molecule has 3 aromatic rings. The minimum atomic E-state index is -4.40. The second-order valence-corrected chi connectivity index (χ2v) is 9.87. The van der Waals surface area contributed by atoms with Crippen LogP contribution in [0.1, 0.15) is 73.7 Å². The van der Waals surface area contributed by atoms with Gasteiger partial charge in [-0.1, -0.05) is 12.1 Å². The van der Waals surface area contributed by atoms with Crippen LogP contribution in [-0.2, 0) is 6.18 Å². The molecule has 0 saturated carbocycles. The zero-order chi connectivity index (χ0) is 26.2. The Labute approximate surface area is 210 Å². The summed E-state index contributed by atoms with van der Waals surface area (Å²) in [6.45, 7) is 11.6. The van der Waals surface area contributed by atoms with Crippen molar-refractivity contribution in [3.8, 4) is 5.88 Å². The van der Waals surface area contributed by atoms with Crippen molar-refractivity contribution in [2.45, 2.75) is 71.6 Å². The number of anilines is 1. The topological polar surface area (TPSA) is 63.2 Å². The molecule has 1 aromatic carbocycles. The number of piperidine rings is 1. The number of aromatic nitrogens is 3. The van der Waals surface area contributed by atoms with E-state index in [0.717, 1.165) is 42.9 Å². The first-order valence-electron chi connectivity index (χ1n) is 12.4. The van der Waals surface area contributed by atoms with Crippen molar-refractivity contribution in [2.24, 2.45) is 0 Å². The molecule has 1 N–H and O–H groups in total. The van der Waals surface area contributed by atoms with Gasteiger partial charge in [-0.15, -0.1) is 0 Å². The maximum Gasteiger partial charge on any atom is 0.416 e. The van der Waals surface area contributed by atoms with Gasteiger partial charge in [0.1, 0.15) is 11.6 Å². The number of pyridine rings is 1. The van der Waals surface area contributed by atoms with E-state index in [2.05, 4.69) is 34.0 Å². The van der Waals surface area contributed by atoms with E-state index in [-0.39, 0.29) is 5.56 Å². The van der Waals surface area contributed by atoms with Gasteiger partial charge in [0.05, 0.1) is 24.1 Å². The van der Waals surface area contributed by atoms with Gasteiger partial charge in [-0.3, -0.25) is 0 Å². The molecular formula is C27H34F3N5O. The largest absolute Gasteiger partial charge is 0.481 e. The third-order valence-electron chi connectivity index (χ3n) is 7.19. The third-order valence-corrected chi connectivity index (χ3v) is 7.19. The second-order valence-electron chi connectivity index (χ2n) is 9.87. The lowest BCUT2D eigenvalue weighted by atomic mass is 9.89. The predicted octanol–water partition coefficient (Wildman–Crippen LogP) is 6.43. The van der Waals surface area contributed by atoms with Crippen molar-refractivity contribution in [3.63, 3.8) is 0 Å². The van der Waals surface area contributed by atoms with Gasteiger partial charge in [-0.25, -0.2) is 9.97 Å². The number of hydrogen-bond donors (Lipinski definition) is 1. The molecular weight excluding hydrogens is 467 g/mol. The Kier molecular flexibility index (Phi) is 7.41. The third kappa shape index (κ3) is 5.26. The van der Waals surface area contributed by atoms with Crippen LogP contribution in [-0.4, -0.2) is 46.1 Å². The molecule has 0 radical (unpaired) electrons. The first kappa shape index (κ1) is 26.1. The molecule has 1 aliphatic rings. The summed E-state index contributed by atoms with van der Waals surface area (Å²) in [6, 6.07) is 6.42. The van der Waals surface area contributed by atoms with Gasteiger partial charge in [-0.2, -0.15) is 18.2 Å². The van der Waals surface area contributed by atoms with E-state index in [0.29, 0.717) is 40.7 Å². The van der Waals surface area contributed by atoms with E-state index in [1.807, 2.05) is 13.0 Å². The molecule has 6 nitrogen and oxygen atoms in total. The number of hydrogen-bond acceptors (Lipinski definition) is 6. The summed E-state index contributed by atoms with van der Waals surface area (Å²) >= 11 is 0. The monoisotopic (exact) mass is 501 g/mol. The molecule has 36 heavy (non-hydrogen) atoms. The van der Waals surface area contributed by atoms with Crippen LogP contribution in [0.4, 0.5) is 19.0 Å². The number of ether oxygens (including phenoxy) is 1. The Hall–Kier alpha value is -2.94. The molecule has 1 atom stereocenters. The van der Waals surface area contributed by atoms with Crippen LogP contribution in [0.15, 0.2) is 24.3 Å². The van der Waals surface area contributed by atoms with Crippen molar-refractivity contribution in [2.75, 3.05) is 25.5 Å². The SMILES string of the molecule is COc1nc2nc(C)nc(N[C@H](C)c3cccc(C(F)(F)F)c3C)c2cc1C1CCN(C(C)C)CC1. The lowest BCUT2D eigenvalue weighted by Gasteiger charge is -2.35. The molecule has 1 fully saturated rings. The van der Waals surface area contributed by atoms with Crippen LogP contribution in [0.3, 0.4) is 0 Å². The predicted molar refractivity (Wildman–Crippen MR) is 136 cm³/mol. The number of benzene rings is 1. The molecule has 1 saturated heterocycles. The van der Waals surface area contributed by atoms with Crippen LogP contribution in [0.2, 0.25) is 0 Å². The van der Waals surface area contributed by atoms with E-state index in [1.54, 1.807) is 20.1 Å². The summed E-state index contributed by atoms with van der Waals surface area (Å²) in [4.78, 5) is 16.3. The van der Waals surface area contributed by atoms with Gasteiger partial charge < -0.3 is 15.0 Å². The van der Waals surface area contributed by atoms with Gasteiger partial charge in [0.15, 0.2) is 5.65 Å². The molecule has 0 unspecified atom stereocenters. The fourth-order valence-electron chi connectivity index (χ4n) is 5.17. The van der Waals surface area contributed by atoms with Crippen molar-refractivity contribution in [1.82, 2.24) is 19.9 Å². The number of fused-ring (bicyclic) bond motifs is 1. The van der Waals surface area contributed by atoms with E-state index < -0.39 is 17.8 Å². The summed E-state index contributed by atoms with van der Waals surface area (Å²) in [6.07, 6.45) is -2.41. The van der Waals surface area contributed by atoms with E-state index in [9.17, 15) is 13.2 Å². The molecule has 4 rings (SSSR count). The smallest absolute Gasteiger partial charge is 0.416 e. The first-order chi connectivity index (χ1) is 17.0. The molecule has 0 bridgehead atoms. The van der Waals surface area contributed by atoms with Crippen molar-refractivity contribution in [1.29, 1.82) is 0 Å². The van der Waals surface area contributed by atoms with Gasteiger partial charge >= 0.3 is 6.18 Å². The number of likely N-dealkylation sites (tertiary alicyclic amines) is 1. The first-order valence-corrected chi connectivity index (χ1v) is 12.4. The van der Waals surface area contributed by atoms with Gasteiger partial charge in [0, 0.05) is 11.6 Å². The Balaban J connectivity index is 1.71. The normalized spacial score (nSPS) is 16.5. The highest BCUT2D eigenvalue weighted by atomic mass is 19.4. The lowest BCUT2D eigenvalue weighted by molar-refractivity contribution is -0.138. The molecule has 0 amide bonds. The number of rotatable bonds is 6. The van der Waals surface area contributed by atoms with Gasteiger partial charge in [0.2, 0.25) is 5.88 Å². The average molecular weight is 502 g/mol. The number of methoxy groups -OCH3 is 1. The fourth-order valence-corrected chi connectivity index (χ4v) is 5.17. The molecule has 0 spiro atoms. The van der Waals surface area contributed by atoms with E-state index >= 15 is 0 Å². The molecule has 0 aliphatic carbocycles. The average Bonchev–Trinajstić information content (AvgIpc) is 2.82. The molecule has 1 aliphatic heterocycles. The van der Waals surface area contributed by atoms with Gasteiger partial charge in [0.25, 0.3) is 0 Å². The Bertz CT molecular complexity index is 1240. The number of alkyl halides is 3. The van der Waals surface area contributed by atoms with Crippen molar-refractivity contribution >= 4 is 16.9 Å². The maximum atomic E-state index is 13.5. The summed E-state index contributed by atoms with van der Waals surface area (Å²) in [7, 11) is 1.62. The Morgan fingerprint density at radius 3 is 2.36 bits per heavy atom. The Morgan fingerprint density at radius 1 is 1.06 bits per heavy atom. The Morgan fingerprint density at radius 2 is 1.75 bits per heavy atom. The number of aryl methyl sites for hydroxylation is 1. The van der Waals surface area contributed by atoms with Crippen molar-refractivity contribution < 1.29 is 17.9 Å². The number of nitrogens with zero attached hydrogens (tertiary/aromatic N) is 4. The van der Waals surface area contributed by atoms with Gasteiger partial charge in [-0.05, 0) is 89.7 Å². The minimum absolute atomic E-state index is 0.206. The van der Waals surface area contributed by atoms with E-state index in [1.165, 1.54) is 13.0 Å². The molecule has 194 valence electrons. The van der Waals surface area contributed by atoms with Crippen LogP contribution in [0.5, 0.6) is 5.88 Å². The van der Waals surface area contributed by atoms with Crippen LogP contribution >= 0.6 is 0 Å². The second kappa shape index (κ2) is 10.2. The maximum absolute atomic E-state index is 13.5. The molecule has 9 heteroatoms. The zero-order valence-electron chi connectivity index (χ0n) is 21.7. The summed E-state index contributed by atoms with van der Waals surface area (Å²) in [5.74, 6) is 1.93. The standard InChI is InChI=1S/C27H34F3N5O/c1-15(2)35-12-10-19(11-13-35)21-14-22-24(32-18(5)33-25(22)34-26(21)36-6)31-17(4)20-8-7-9-23(16(20)3)27(28,29)30/h7-9,14-15,17,19H,10-13H2,1-6H3,(H,31,32,33,34)/t17-/m1/s1.